The van der Waals surface area contributed by atoms with Gasteiger partial charge in [0, 0.05) is 6.42 Å². The highest BCUT2D eigenvalue weighted by molar-refractivity contribution is 5.93. The maximum Gasteiger partial charge on any atom is 0.416 e. The quantitative estimate of drug-likeness (QED) is 0.694. The molecule has 0 spiro atoms. The zero-order valence-electron chi connectivity index (χ0n) is 12.6. The molecule has 20 heavy (non-hydrogen) atoms. The number of amides is 2. The first kappa shape index (κ1) is 15.3. The van der Waals surface area contributed by atoms with Gasteiger partial charge in [-0.05, 0) is 18.8 Å². The summed E-state index contributed by atoms with van der Waals surface area (Å²) >= 11 is 0. The Morgan fingerprint density at radius 2 is 2.00 bits per heavy atom. The Morgan fingerprint density at radius 1 is 1.25 bits per heavy atom. The lowest BCUT2D eigenvalue weighted by molar-refractivity contribution is -0.129. The Hall–Kier alpha value is -1.06. The number of imide groups is 1. The van der Waals surface area contributed by atoms with Gasteiger partial charge in [-0.25, -0.2) is 9.69 Å². The summed E-state index contributed by atoms with van der Waals surface area (Å²) in [5.41, 5.74) is 0. The second-order valence-electron chi connectivity index (χ2n) is 6.15. The first-order chi connectivity index (χ1) is 9.72. The molecule has 2 aliphatic rings. The van der Waals surface area contributed by atoms with Crippen molar-refractivity contribution in [1.82, 2.24) is 4.90 Å². The number of hydrogen-bond donors (Lipinski definition) is 0. The van der Waals surface area contributed by atoms with Crippen molar-refractivity contribution in [3.05, 3.63) is 0 Å². The first-order valence-electron chi connectivity index (χ1n) is 8.21. The molecule has 1 atom stereocenters. The van der Waals surface area contributed by atoms with Gasteiger partial charge in [-0.2, -0.15) is 0 Å². The monoisotopic (exact) mass is 281 g/mol. The van der Waals surface area contributed by atoms with Crippen LogP contribution in [0.1, 0.15) is 71.1 Å². The van der Waals surface area contributed by atoms with Crippen LogP contribution in [0.4, 0.5) is 4.79 Å². The SMILES string of the molecule is CC[C@H]1COC(=O)N1C(=O)CCCCC1CCCCC1. The van der Waals surface area contributed by atoms with Crippen molar-refractivity contribution in [1.29, 1.82) is 0 Å². The summed E-state index contributed by atoms with van der Waals surface area (Å²) in [4.78, 5) is 25.0. The fourth-order valence-corrected chi connectivity index (χ4v) is 3.37. The number of nitrogens with zero attached hydrogens (tertiary/aromatic N) is 1. The predicted octanol–water partition coefficient (Wildman–Crippen LogP) is 3.88. The Balaban J connectivity index is 1.65. The van der Waals surface area contributed by atoms with E-state index in [1.807, 2.05) is 6.92 Å². The number of unbranched alkanes of at least 4 members (excludes halogenated alkanes) is 1. The van der Waals surface area contributed by atoms with Crippen LogP contribution < -0.4 is 0 Å². The number of rotatable bonds is 6. The van der Waals surface area contributed by atoms with Gasteiger partial charge in [-0.15, -0.1) is 0 Å². The van der Waals surface area contributed by atoms with Crippen LogP contribution in [0.3, 0.4) is 0 Å². The largest absolute Gasteiger partial charge is 0.447 e. The topological polar surface area (TPSA) is 46.6 Å². The number of hydrogen-bond acceptors (Lipinski definition) is 3. The standard InChI is InChI=1S/C16H27NO3/c1-2-14-12-20-16(19)17(14)15(18)11-7-6-10-13-8-4-3-5-9-13/h13-14H,2-12H2,1H3/t14-/m0/s1. The maximum atomic E-state index is 12.1. The van der Waals surface area contributed by atoms with Crippen molar-refractivity contribution < 1.29 is 14.3 Å². The van der Waals surface area contributed by atoms with Crippen molar-refractivity contribution in [3.63, 3.8) is 0 Å². The number of carbonyl (C=O) groups is 2. The summed E-state index contributed by atoms with van der Waals surface area (Å²) in [6.07, 6.45) is 10.9. The van der Waals surface area contributed by atoms with E-state index in [0.717, 1.165) is 25.2 Å². The first-order valence-corrected chi connectivity index (χ1v) is 8.21. The van der Waals surface area contributed by atoms with E-state index in [9.17, 15) is 9.59 Å². The molecule has 0 aromatic carbocycles. The molecule has 2 rings (SSSR count). The molecule has 2 fully saturated rings. The summed E-state index contributed by atoms with van der Waals surface area (Å²) < 4.78 is 4.96. The van der Waals surface area contributed by atoms with Crippen molar-refractivity contribution >= 4 is 12.0 Å². The highest BCUT2D eigenvalue weighted by atomic mass is 16.6. The average molecular weight is 281 g/mol. The number of carbonyl (C=O) groups excluding carboxylic acids is 2. The summed E-state index contributed by atoms with van der Waals surface area (Å²) in [5.74, 6) is 0.821. The van der Waals surface area contributed by atoms with E-state index in [4.69, 9.17) is 4.74 Å². The van der Waals surface area contributed by atoms with E-state index >= 15 is 0 Å². The minimum atomic E-state index is -0.450. The lowest BCUT2D eigenvalue weighted by atomic mass is 9.85. The summed E-state index contributed by atoms with van der Waals surface area (Å²) in [7, 11) is 0. The van der Waals surface area contributed by atoms with Gasteiger partial charge >= 0.3 is 6.09 Å². The molecule has 114 valence electrons. The Morgan fingerprint density at radius 3 is 2.70 bits per heavy atom. The molecule has 1 heterocycles. The second-order valence-corrected chi connectivity index (χ2v) is 6.15. The van der Waals surface area contributed by atoms with Crippen LogP contribution in [0, 0.1) is 5.92 Å². The fraction of sp³-hybridized carbons (Fsp3) is 0.875. The molecule has 0 aromatic heterocycles. The van der Waals surface area contributed by atoms with E-state index < -0.39 is 6.09 Å². The molecule has 0 radical (unpaired) electrons. The lowest BCUT2D eigenvalue weighted by Gasteiger charge is -2.21. The van der Waals surface area contributed by atoms with Gasteiger partial charge in [-0.3, -0.25) is 4.79 Å². The molecule has 0 bridgehead atoms. The molecule has 1 saturated heterocycles. The molecule has 0 N–H and O–H groups in total. The zero-order chi connectivity index (χ0) is 14.4. The van der Waals surface area contributed by atoms with Crippen molar-refractivity contribution in [2.24, 2.45) is 5.92 Å². The van der Waals surface area contributed by atoms with Gasteiger partial charge in [0.1, 0.15) is 6.61 Å². The summed E-state index contributed by atoms with van der Waals surface area (Å²) in [6.45, 7) is 2.35. The number of cyclic esters (lactones) is 1. The van der Waals surface area contributed by atoms with E-state index in [0.29, 0.717) is 13.0 Å². The Labute approximate surface area is 121 Å². The number of ether oxygens (including phenoxy) is 1. The van der Waals surface area contributed by atoms with Crippen LogP contribution >= 0.6 is 0 Å². The minimum Gasteiger partial charge on any atom is -0.447 e. The molecule has 2 amide bonds. The van der Waals surface area contributed by atoms with Crippen molar-refractivity contribution in [2.45, 2.75) is 77.2 Å². The van der Waals surface area contributed by atoms with Crippen LogP contribution in [0.2, 0.25) is 0 Å². The molecule has 1 saturated carbocycles. The third kappa shape index (κ3) is 3.97. The third-order valence-corrected chi connectivity index (χ3v) is 4.68. The summed E-state index contributed by atoms with van der Waals surface area (Å²) in [6, 6.07) is -0.0478. The molecule has 4 heteroatoms. The smallest absolute Gasteiger partial charge is 0.416 e. The highest BCUT2D eigenvalue weighted by Gasteiger charge is 2.36. The van der Waals surface area contributed by atoms with Crippen molar-refractivity contribution in [3.8, 4) is 0 Å². The second kappa shape index (κ2) is 7.65. The molecule has 4 nitrogen and oxygen atoms in total. The normalized spacial score (nSPS) is 23.9. The maximum absolute atomic E-state index is 12.1. The van der Waals surface area contributed by atoms with Crippen LogP contribution in [0.25, 0.3) is 0 Å². The molecule has 0 unspecified atom stereocenters. The van der Waals surface area contributed by atoms with Gasteiger partial charge in [0.15, 0.2) is 0 Å². The minimum absolute atomic E-state index is 0.0478. The van der Waals surface area contributed by atoms with Crippen LogP contribution in [-0.4, -0.2) is 29.5 Å². The van der Waals surface area contributed by atoms with Crippen LogP contribution in [-0.2, 0) is 9.53 Å². The zero-order valence-corrected chi connectivity index (χ0v) is 12.6. The van der Waals surface area contributed by atoms with Crippen molar-refractivity contribution in [2.75, 3.05) is 6.61 Å². The van der Waals surface area contributed by atoms with Crippen LogP contribution in [0.15, 0.2) is 0 Å². The van der Waals surface area contributed by atoms with E-state index in [1.165, 1.54) is 43.4 Å². The molecular formula is C16H27NO3. The van der Waals surface area contributed by atoms with Gasteiger partial charge in [0.05, 0.1) is 6.04 Å². The molecule has 1 aliphatic heterocycles. The van der Waals surface area contributed by atoms with E-state index in [1.54, 1.807) is 0 Å². The van der Waals surface area contributed by atoms with Crippen LogP contribution in [0.5, 0.6) is 0 Å². The summed E-state index contributed by atoms with van der Waals surface area (Å²) in [5, 5.41) is 0. The van der Waals surface area contributed by atoms with Gasteiger partial charge in [-0.1, -0.05) is 51.9 Å². The molecule has 0 aromatic rings. The van der Waals surface area contributed by atoms with E-state index in [-0.39, 0.29) is 11.9 Å². The molecule has 1 aliphatic carbocycles. The van der Waals surface area contributed by atoms with E-state index in [2.05, 4.69) is 0 Å². The lowest BCUT2D eigenvalue weighted by Crippen LogP contribution is -2.38. The molecular weight excluding hydrogens is 254 g/mol. The predicted molar refractivity (Wildman–Crippen MR) is 77.3 cm³/mol. The average Bonchev–Trinajstić information content (AvgIpc) is 2.85. The third-order valence-electron chi connectivity index (χ3n) is 4.68. The Bertz CT molecular complexity index is 337. The van der Waals surface area contributed by atoms with Gasteiger partial charge < -0.3 is 4.74 Å². The van der Waals surface area contributed by atoms with Gasteiger partial charge in [0.25, 0.3) is 0 Å². The fourth-order valence-electron chi connectivity index (χ4n) is 3.37. The Kier molecular flexibility index (Phi) is 5.86. The van der Waals surface area contributed by atoms with Gasteiger partial charge in [0.2, 0.25) is 5.91 Å². The highest BCUT2D eigenvalue weighted by Crippen LogP contribution is 2.28.